The standard InChI is InChI=1S/C21H34N4O4S/c1-4-20(26)23-16-14-19(29-6-3)17(15-18(16)28-5-2)24-21(30)22-8-7-9-25-10-12-27-13-11-25/h14-15H,4-13H2,1-3H3,(H,23,26)(H2,22,24,30). The van der Waals surface area contributed by atoms with E-state index in [1.165, 1.54) is 0 Å². The Balaban J connectivity index is 1.98. The van der Waals surface area contributed by atoms with Crippen LogP contribution in [-0.2, 0) is 9.53 Å². The molecule has 1 heterocycles. The lowest BCUT2D eigenvalue weighted by molar-refractivity contribution is -0.115. The molecule has 30 heavy (non-hydrogen) atoms. The summed E-state index contributed by atoms with van der Waals surface area (Å²) in [6, 6.07) is 3.58. The van der Waals surface area contributed by atoms with Gasteiger partial charge in [0.15, 0.2) is 5.11 Å². The number of ether oxygens (including phenoxy) is 3. The Kier molecular flexibility index (Phi) is 10.7. The average molecular weight is 439 g/mol. The van der Waals surface area contributed by atoms with Crippen molar-refractivity contribution in [2.45, 2.75) is 33.6 Å². The van der Waals surface area contributed by atoms with Crippen LogP contribution >= 0.6 is 12.2 Å². The fraction of sp³-hybridized carbons (Fsp3) is 0.619. The van der Waals surface area contributed by atoms with Crippen LogP contribution in [0.3, 0.4) is 0 Å². The molecule has 8 nitrogen and oxygen atoms in total. The maximum absolute atomic E-state index is 11.9. The second kappa shape index (κ2) is 13.3. The molecule has 1 aliphatic rings. The van der Waals surface area contributed by atoms with Crippen LogP contribution in [0.1, 0.15) is 33.6 Å². The molecule has 0 unspecified atom stereocenters. The molecule has 3 N–H and O–H groups in total. The highest BCUT2D eigenvalue weighted by Crippen LogP contribution is 2.37. The van der Waals surface area contributed by atoms with Crippen molar-refractivity contribution < 1.29 is 19.0 Å². The number of benzene rings is 1. The van der Waals surface area contributed by atoms with Crippen molar-refractivity contribution in [2.75, 3.05) is 63.2 Å². The lowest BCUT2D eigenvalue weighted by Crippen LogP contribution is -2.38. The Morgan fingerprint density at radius 3 is 2.23 bits per heavy atom. The molecule has 0 aromatic heterocycles. The first-order valence-corrected chi connectivity index (χ1v) is 11.1. The highest BCUT2D eigenvalue weighted by atomic mass is 32.1. The molecule has 0 bridgehead atoms. The van der Waals surface area contributed by atoms with Crippen LogP contribution in [0, 0.1) is 0 Å². The van der Waals surface area contributed by atoms with Crippen LogP contribution < -0.4 is 25.4 Å². The van der Waals surface area contributed by atoms with Gasteiger partial charge in [-0.05, 0) is 39.0 Å². The van der Waals surface area contributed by atoms with Gasteiger partial charge < -0.3 is 30.2 Å². The van der Waals surface area contributed by atoms with Gasteiger partial charge in [-0.25, -0.2) is 0 Å². The Bertz CT molecular complexity index is 696. The molecular formula is C21H34N4O4S. The molecule has 1 aliphatic heterocycles. The Labute approximate surface area is 184 Å². The van der Waals surface area contributed by atoms with E-state index < -0.39 is 0 Å². The minimum atomic E-state index is -0.0865. The van der Waals surface area contributed by atoms with Crippen molar-refractivity contribution in [3.05, 3.63) is 12.1 Å². The highest BCUT2D eigenvalue weighted by molar-refractivity contribution is 7.80. The number of amides is 1. The number of hydrogen-bond donors (Lipinski definition) is 3. The maximum Gasteiger partial charge on any atom is 0.224 e. The first-order valence-electron chi connectivity index (χ1n) is 10.7. The monoisotopic (exact) mass is 438 g/mol. The maximum atomic E-state index is 11.9. The summed E-state index contributed by atoms with van der Waals surface area (Å²) in [6.45, 7) is 12.0. The molecule has 0 atom stereocenters. The highest BCUT2D eigenvalue weighted by Gasteiger charge is 2.15. The molecule has 0 radical (unpaired) electrons. The number of anilines is 2. The minimum Gasteiger partial charge on any atom is -0.492 e. The van der Waals surface area contributed by atoms with Gasteiger partial charge in [-0.2, -0.15) is 0 Å². The number of nitrogens with one attached hydrogen (secondary N) is 3. The second-order valence-corrected chi connectivity index (χ2v) is 7.21. The molecule has 9 heteroatoms. The number of carbonyl (C=O) groups excluding carboxylic acids is 1. The van der Waals surface area contributed by atoms with Gasteiger partial charge in [0.2, 0.25) is 5.91 Å². The summed E-state index contributed by atoms with van der Waals surface area (Å²) in [5, 5.41) is 9.82. The number of hydrogen-bond acceptors (Lipinski definition) is 6. The van der Waals surface area contributed by atoms with Crippen LogP contribution in [0.25, 0.3) is 0 Å². The Morgan fingerprint density at radius 2 is 1.67 bits per heavy atom. The SMILES string of the molecule is CCOc1cc(NC(=S)NCCCN2CCOCC2)c(OCC)cc1NC(=O)CC. The third kappa shape index (κ3) is 7.97. The molecule has 1 aromatic rings. The summed E-state index contributed by atoms with van der Waals surface area (Å²) in [5.41, 5.74) is 1.28. The van der Waals surface area contributed by atoms with Gasteiger partial charge in [0, 0.05) is 38.2 Å². The fourth-order valence-electron chi connectivity index (χ4n) is 3.04. The van der Waals surface area contributed by atoms with Gasteiger partial charge in [-0.1, -0.05) is 6.92 Å². The zero-order chi connectivity index (χ0) is 21.8. The van der Waals surface area contributed by atoms with E-state index in [9.17, 15) is 4.79 Å². The zero-order valence-electron chi connectivity index (χ0n) is 18.2. The quantitative estimate of drug-likeness (QED) is 0.359. The molecule has 1 aromatic carbocycles. The van der Waals surface area contributed by atoms with Crippen molar-refractivity contribution in [1.29, 1.82) is 0 Å². The number of carbonyl (C=O) groups is 1. The van der Waals surface area contributed by atoms with Gasteiger partial charge >= 0.3 is 0 Å². The summed E-state index contributed by atoms with van der Waals surface area (Å²) < 4.78 is 16.8. The summed E-state index contributed by atoms with van der Waals surface area (Å²) >= 11 is 5.46. The third-order valence-corrected chi connectivity index (χ3v) is 4.81. The summed E-state index contributed by atoms with van der Waals surface area (Å²) in [7, 11) is 0. The van der Waals surface area contributed by atoms with Crippen LogP contribution in [0.2, 0.25) is 0 Å². The molecule has 0 aliphatic carbocycles. The van der Waals surface area contributed by atoms with Crippen molar-refractivity contribution in [3.63, 3.8) is 0 Å². The van der Waals surface area contributed by atoms with E-state index in [4.69, 9.17) is 26.4 Å². The van der Waals surface area contributed by atoms with Crippen LogP contribution in [0.4, 0.5) is 11.4 Å². The van der Waals surface area contributed by atoms with Crippen molar-refractivity contribution >= 4 is 34.6 Å². The van der Waals surface area contributed by atoms with Crippen molar-refractivity contribution in [3.8, 4) is 11.5 Å². The molecule has 168 valence electrons. The lowest BCUT2D eigenvalue weighted by atomic mass is 10.2. The van der Waals surface area contributed by atoms with E-state index >= 15 is 0 Å². The minimum absolute atomic E-state index is 0.0865. The molecule has 2 rings (SSSR count). The molecule has 0 saturated carbocycles. The van der Waals surface area contributed by atoms with Gasteiger partial charge in [-0.15, -0.1) is 0 Å². The zero-order valence-corrected chi connectivity index (χ0v) is 19.0. The number of nitrogens with zero attached hydrogens (tertiary/aromatic N) is 1. The molecule has 1 fully saturated rings. The largest absolute Gasteiger partial charge is 0.492 e. The Hall–Kier alpha value is -2.10. The molecule has 0 spiro atoms. The van der Waals surface area contributed by atoms with Crippen LogP contribution in [-0.4, -0.2) is 68.5 Å². The van der Waals surface area contributed by atoms with E-state index in [2.05, 4.69) is 20.9 Å². The first kappa shape index (κ1) is 24.2. The smallest absolute Gasteiger partial charge is 0.224 e. The molecular weight excluding hydrogens is 404 g/mol. The molecule has 1 saturated heterocycles. The van der Waals surface area contributed by atoms with E-state index in [1.807, 2.05) is 19.9 Å². The van der Waals surface area contributed by atoms with Crippen LogP contribution in [0.15, 0.2) is 12.1 Å². The van der Waals surface area contributed by atoms with Crippen LogP contribution in [0.5, 0.6) is 11.5 Å². The topological polar surface area (TPSA) is 84.1 Å². The average Bonchev–Trinajstić information content (AvgIpc) is 2.75. The summed E-state index contributed by atoms with van der Waals surface area (Å²) in [6.07, 6.45) is 1.38. The fourth-order valence-corrected chi connectivity index (χ4v) is 3.25. The third-order valence-electron chi connectivity index (χ3n) is 4.57. The normalized spacial score (nSPS) is 14.1. The van der Waals surface area contributed by atoms with Crippen molar-refractivity contribution in [2.24, 2.45) is 0 Å². The Morgan fingerprint density at radius 1 is 1.07 bits per heavy atom. The van der Waals surface area contributed by atoms with Gasteiger partial charge in [-0.3, -0.25) is 9.69 Å². The molecule has 1 amide bonds. The van der Waals surface area contributed by atoms with Crippen molar-refractivity contribution in [1.82, 2.24) is 10.2 Å². The summed E-state index contributed by atoms with van der Waals surface area (Å²) in [4.78, 5) is 14.3. The number of rotatable bonds is 11. The number of thiocarbonyl (C=S) groups is 1. The predicted octanol–water partition coefficient (Wildman–Crippen LogP) is 2.84. The van der Waals surface area contributed by atoms with E-state index in [1.54, 1.807) is 13.0 Å². The van der Waals surface area contributed by atoms with Gasteiger partial charge in [0.25, 0.3) is 0 Å². The second-order valence-electron chi connectivity index (χ2n) is 6.80. The first-order chi connectivity index (χ1) is 14.6. The lowest BCUT2D eigenvalue weighted by Gasteiger charge is -2.26. The van der Waals surface area contributed by atoms with Gasteiger partial charge in [0.05, 0.1) is 37.8 Å². The van der Waals surface area contributed by atoms with Gasteiger partial charge in [0.1, 0.15) is 11.5 Å². The van der Waals surface area contributed by atoms with E-state index in [-0.39, 0.29) is 5.91 Å². The number of morpholine rings is 1. The predicted molar refractivity (Wildman–Crippen MR) is 124 cm³/mol. The van der Waals surface area contributed by atoms with E-state index in [0.717, 1.165) is 45.8 Å². The van der Waals surface area contributed by atoms with E-state index in [0.29, 0.717) is 47.6 Å². The summed E-state index contributed by atoms with van der Waals surface area (Å²) in [5.74, 6) is 1.08.